The van der Waals surface area contributed by atoms with Gasteiger partial charge in [0.25, 0.3) is 5.91 Å². The van der Waals surface area contributed by atoms with Crippen LogP contribution in [0, 0.1) is 5.92 Å². The summed E-state index contributed by atoms with van der Waals surface area (Å²) in [4.78, 5) is 33.7. The van der Waals surface area contributed by atoms with Gasteiger partial charge in [0.1, 0.15) is 0 Å². The van der Waals surface area contributed by atoms with Gasteiger partial charge in [-0.15, -0.1) is 0 Å². The van der Waals surface area contributed by atoms with Crippen LogP contribution in [-0.2, 0) is 9.59 Å². The van der Waals surface area contributed by atoms with Gasteiger partial charge in [-0.05, 0) is 56.1 Å². The van der Waals surface area contributed by atoms with Crippen LogP contribution in [0.5, 0.6) is 0 Å². The van der Waals surface area contributed by atoms with Crippen molar-refractivity contribution in [2.45, 2.75) is 18.9 Å². The standard InChI is InChI=1S/C14H17ClN2O.C4H4O4/c15-12-3-1-11(2-4-12)14(18)16-13-9-17-7-5-10(13)6-8-17;5-3(6)1-2-4(7)8/h1-4,10,13H,5-9H2,(H,16,18);1-2H,(H,5,6)(H,7,8)/b;2-1+/t13-;/m0./s1. The second-order valence-corrected chi connectivity index (χ2v) is 6.67. The first kappa shape index (κ1) is 19.9. The molecule has 1 aromatic rings. The molecule has 3 aliphatic heterocycles. The van der Waals surface area contributed by atoms with E-state index in [0.29, 0.717) is 34.7 Å². The number of amides is 1. The summed E-state index contributed by atoms with van der Waals surface area (Å²) in [6.07, 6.45) is 3.54. The summed E-state index contributed by atoms with van der Waals surface area (Å²) < 4.78 is 0. The van der Waals surface area contributed by atoms with Gasteiger partial charge < -0.3 is 20.4 Å². The lowest BCUT2D eigenvalue weighted by Gasteiger charge is -2.44. The molecule has 26 heavy (non-hydrogen) atoms. The fourth-order valence-electron chi connectivity index (χ4n) is 3.12. The van der Waals surface area contributed by atoms with Gasteiger partial charge >= 0.3 is 11.9 Å². The van der Waals surface area contributed by atoms with E-state index in [1.807, 2.05) is 0 Å². The number of piperidine rings is 3. The number of carbonyl (C=O) groups excluding carboxylic acids is 1. The Kier molecular flexibility index (Phi) is 7.17. The van der Waals surface area contributed by atoms with E-state index in [9.17, 15) is 14.4 Å². The van der Waals surface area contributed by atoms with E-state index in [0.717, 1.165) is 6.54 Å². The van der Waals surface area contributed by atoms with Crippen molar-refractivity contribution < 1.29 is 24.6 Å². The van der Waals surface area contributed by atoms with Crippen molar-refractivity contribution in [1.29, 1.82) is 0 Å². The predicted octanol–water partition coefficient (Wildman–Crippen LogP) is 1.88. The van der Waals surface area contributed by atoms with E-state index in [-0.39, 0.29) is 5.91 Å². The Morgan fingerprint density at radius 2 is 1.58 bits per heavy atom. The normalized spacial score (nSPS) is 23.8. The first-order valence-electron chi connectivity index (χ1n) is 8.28. The Balaban J connectivity index is 0.000000260. The van der Waals surface area contributed by atoms with Gasteiger partial charge in [0.05, 0.1) is 0 Å². The summed E-state index contributed by atoms with van der Waals surface area (Å²) in [7, 11) is 0. The number of carboxylic acid groups (broad SMARTS) is 2. The van der Waals surface area contributed by atoms with E-state index in [1.165, 1.54) is 25.9 Å². The van der Waals surface area contributed by atoms with E-state index in [1.54, 1.807) is 24.3 Å². The second kappa shape index (κ2) is 9.35. The molecule has 3 fully saturated rings. The lowest BCUT2D eigenvalue weighted by Crippen LogP contribution is -2.57. The van der Waals surface area contributed by atoms with E-state index in [4.69, 9.17) is 21.8 Å². The average molecular weight is 381 g/mol. The Hall–Kier alpha value is -2.38. The molecule has 0 saturated carbocycles. The smallest absolute Gasteiger partial charge is 0.328 e. The van der Waals surface area contributed by atoms with E-state index >= 15 is 0 Å². The van der Waals surface area contributed by atoms with E-state index in [2.05, 4.69) is 10.2 Å². The summed E-state index contributed by atoms with van der Waals surface area (Å²) in [5.74, 6) is -1.84. The van der Waals surface area contributed by atoms with Gasteiger partial charge in [-0.25, -0.2) is 9.59 Å². The molecular weight excluding hydrogens is 360 g/mol. The third kappa shape index (κ3) is 6.16. The van der Waals surface area contributed by atoms with Crippen LogP contribution in [0.4, 0.5) is 0 Å². The van der Waals surface area contributed by atoms with Crippen molar-refractivity contribution in [2.24, 2.45) is 5.92 Å². The number of halogens is 1. The van der Waals surface area contributed by atoms with Crippen LogP contribution < -0.4 is 5.32 Å². The topological polar surface area (TPSA) is 107 Å². The lowest BCUT2D eigenvalue weighted by atomic mass is 9.84. The maximum Gasteiger partial charge on any atom is 0.328 e. The third-order valence-corrected chi connectivity index (χ3v) is 4.70. The zero-order valence-corrected chi connectivity index (χ0v) is 14.9. The summed E-state index contributed by atoms with van der Waals surface area (Å²) in [6.45, 7) is 3.39. The summed E-state index contributed by atoms with van der Waals surface area (Å²) in [6, 6.07) is 7.38. The molecule has 1 atom stereocenters. The van der Waals surface area contributed by atoms with Crippen LogP contribution in [0.3, 0.4) is 0 Å². The number of rotatable bonds is 4. The van der Waals surface area contributed by atoms with Gasteiger partial charge in [-0.1, -0.05) is 11.6 Å². The molecule has 1 amide bonds. The van der Waals surface area contributed by atoms with Crippen LogP contribution in [0.1, 0.15) is 23.2 Å². The Morgan fingerprint density at radius 1 is 1.04 bits per heavy atom. The molecule has 8 heteroatoms. The molecular formula is C18H21ClN2O5. The monoisotopic (exact) mass is 380 g/mol. The lowest BCUT2D eigenvalue weighted by molar-refractivity contribution is -0.134. The highest BCUT2D eigenvalue weighted by atomic mass is 35.5. The molecule has 3 aliphatic rings. The van der Waals surface area contributed by atoms with Crippen LogP contribution in [0.15, 0.2) is 36.4 Å². The van der Waals surface area contributed by atoms with Crippen molar-refractivity contribution in [3.8, 4) is 0 Å². The number of hydrogen-bond donors (Lipinski definition) is 3. The fourth-order valence-corrected chi connectivity index (χ4v) is 3.25. The zero-order valence-electron chi connectivity index (χ0n) is 14.1. The first-order valence-corrected chi connectivity index (χ1v) is 8.65. The zero-order chi connectivity index (χ0) is 19.1. The summed E-state index contributed by atoms with van der Waals surface area (Å²) >= 11 is 5.82. The number of carboxylic acids is 2. The Labute approximate surface area is 156 Å². The predicted molar refractivity (Wildman–Crippen MR) is 96.3 cm³/mol. The molecule has 3 N–H and O–H groups in total. The molecule has 0 radical (unpaired) electrons. The number of fused-ring (bicyclic) bond motifs is 3. The van der Waals surface area contributed by atoms with Crippen molar-refractivity contribution in [1.82, 2.24) is 10.2 Å². The summed E-state index contributed by atoms with van der Waals surface area (Å²) in [5.41, 5.74) is 0.691. The molecule has 4 rings (SSSR count). The van der Waals surface area contributed by atoms with Crippen LogP contribution >= 0.6 is 11.6 Å². The van der Waals surface area contributed by atoms with Crippen molar-refractivity contribution in [3.63, 3.8) is 0 Å². The molecule has 0 aromatic heterocycles. The van der Waals surface area contributed by atoms with Gasteiger partial charge in [0, 0.05) is 35.3 Å². The number of benzene rings is 1. The highest BCUT2D eigenvalue weighted by Gasteiger charge is 2.34. The van der Waals surface area contributed by atoms with Crippen molar-refractivity contribution in [3.05, 3.63) is 47.0 Å². The molecule has 7 nitrogen and oxygen atoms in total. The number of carbonyl (C=O) groups is 3. The molecule has 1 aromatic carbocycles. The molecule has 140 valence electrons. The minimum atomic E-state index is -1.26. The minimum absolute atomic E-state index is 0.0189. The van der Waals surface area contributed by atoms with Gasteiger partial charge in [-0.2, -0.15) is 0 Å². The van der Waals surface area contributed by atoms with Crippen LogP contribution in [0.2, 0.25) is 5.02 Å². The number of hydrogen-bond acceptors (Lipinski definition) is 4. The van der Waals surface area contributed by atoms with Crippen molar-refractivity contribution in [2.75, 3.05) is 19.6 Å². The highest BCUT2D eigenvalue weighted by molar-refractivity contribution is 6.30. The second-order valence-electron chi connectivity index (χ2n) is 6.23. The quantitative estimate of drug-likeness (QED) is 0.688. The minimum Gasteiger partial charge on any atom is -0.478 e. The molecule has 2 bridgehead atoms. The van der Waals surface area contributed by atoms with Gasteiger partial charge in [0.2, 0.25) is 0 Å². The van der Waals surface area contributed by atoms with Crippen molar-refractivity contribution >= 4 is 29.4 Å². The first-order chi connectivity index (χ1) is 12.3. The maximum absolute atomic E-state index is 12.1. The third-order valence-electron chi connectivity index (χ3n) is 4.45. The molecule has 0 unspecified atom stereocenters. The van der Waals surface area contributed by atoms with Crippen LogP contribution in [-0.4, -0.2) is 58.6 Å². The largest absolute Gasteiger partial charge is 0.478 e. The van der Waals surface area contributed by atoms with Gasteiger partial charge in [0.15, 0.2) is 0 Å². The Morgan fingerprint density at radius 3 is 2.00 bits per heavy atom. The van der Waals surface area contributed by atoms with Gasteiger partial charge in [-0.3, -0.25) is 4.79 Å². The maximum atomic E-state index is 12.1. The molecule has 0 aliphatic carbocycles. The Bertz CT molecular complexity index is 665. The SMILES string of the molecule is O=C(N[C@H]1CN2CCC1CC2)c1ccc(Cl)cc1.O=C(O)/C=C/C(=O)O. The number of nitrogens with zero attached hydrogens (tertiary/aromatic N) is 1. The highest BCUT2D eigenvalue weighted by Crippen LogP contribution is 2.27. The molecule has 0 spiro atoms. The molecule has 3 heterocycles. The molecule has 3 saturated heterocycles. The van der Waals surface area contributed by atoms with E-state index < -0.39 is 11.9 Å². The fraction of sp³-hybridized carbons (Fsp3) is 0.389. The number of aliphatic carboxylic acids is 2. The summed E-state index contributed by atoms with van der Waals surface area (Å²) in [5, 5.41) is 19.4. The van der Waals surface area contributed by atoms with Crippen LogP contribution in [0.25, 0.3) is 0 Å². The number of nitrogens with one attached hydrogen (secondary N) is 1. The average Bonchev–Trinajstić information content (AvgIpc) is 2.62.